The van der Waals surface area contributed by atoms with Crippen LogP contribution in [0.2, 0.25) is 0 Å². The number of rotatable bonds is 3. The molecule has 0 aliphatic carbocycles. The predicted molar refractivity (Wildman–Crippen MR) is 88.8 cm³/mol. The lowest BCUT2D eigenvalue weighted by molar-refractivity contribution is 0.0697. The van der Waals surface area contributed by atoms with Crippen LogP contribution in [0.15, 0.2) is 18.2 Å². The van der Waals surface area contributed by atoms with Crippen molar-refractivity contribution in [3.63, 3.8) is 0 Å². The molecular formula is C18H26N2O2. The number of carboxylic acid groups (broad SMARTS) is 1. The van der Waals surface area contributed by atoms with E-state index < -0.39 is 5.97 Å². The number of hydrogen-bond donors (Lipinski definition) is 1. The van der Waals surface area contributed by atoms with E-state index in [0.29, 0.717) is 5.56 Å². The Morgan fingerprint density at radius 3 is 2.36 bits per heavy atom. The van der Waals surface area contributed by atoms with Gasteiger partial charge in [-0.25, -0.2) is 4.79 Å². The van der Waals surface area contributed by atoms with Crippen LogP contribution in [0.3, 0.4) is 0 Å². The third-order valence-electron chi connectivity index (χ3n) is 5.05. The minimum absolute atomic E-state index is 0.396. The molecule has 0 bridgehead atoms. The van der Waals surface area contributed by atoms with E-state index in [1.165, 1.54) is 45.2 Å². The average molecular weight is 302 g/mol. The number of anilines is 1. The highest BCUT2D eigenvalue weighted by molar-refractivity contribution is 5.89. The Bertz CT molecular complexity index is 530. The Balaban J connectivity index is 1.64. The highest BCUT2D eigenvalue weighted by atomic mass is 16.4. The summed E-state index contributed by atoms with van der Waals surface area (Å²) in [5.41, 5.74) is 2.48. The van der Waals surface area contributed by atoms with Crippen molar-refractivity contribution in [2.75, 3.05) is 31.1 Å². The second-order valence-corrected chi connectivity index (χ2v) is 6.68. The van der Waals surface area contributed by atoms with Gasteiger partial charge in [-0.15, -0.1) is 0 Å². The van der Waals surface area contributed by atoms with E-state index in [2.05, 4.69) is 15.9 Å². The predicted octanol–water partition coefficient (Wildman–Crippen LogP) is 3.15. The lowest BCUT2D eigenvalue weighted by Crippen LogP contribution is -2.46. The zero-order chi connectivity index (χ0) is 15.5. The van der Waals surface area contributed by atoms with E-state index in [1.807, 2.05) is 13.0 Å². The third kappa shape index (κ3) is 3.43. The summed E-state index contributed by atoms with van der Waals surface area (Å²) in [7, 11) is 0. The number of aryl methyl sites for hydroxylation is 1. The number of hydrogen-bond acceptors (Lipinski definition) is 3. The Hall–Kier alpha value is -1.55. The van der Waals surface area contributed by atoms with Gasteiger partial charge in [0.15, 0.2) is 0 Å². The standard InChI is InChI=1S/C18H26N2O2/c1-14-11-15(18(21)22)13-17(12-14)20-9-5-16(6-10-20)19-7-3-2-4-8-19/h11-13,16H,2-10H2,1H3,(H,21,22). The topological polar surface area (TPSA) is 43.8 Å². The van der Waals surface area contributed by atoms with E-state index in [9.17, 15) is 9.90 Å². The maximum absolute atomic E-state index is 11.2. The Kier molecular flexibility index (Phi) is 4.67. The van der Waals surface area contributed by atoms with Crippen molar-refractivity contribution in [1.29, 1.82) is 0 Å². The SMILES string of the molecule is Cc1cc(C(=O)O)cc(N2CCC(N3CCCCC3)CC2)c1. The van der Waals surface area contributed by atoms with Crippen LogP contribution in [0.25, 0.3) is 0 Å². The van der Waals surface area contributed by atoms with Gasteiger partial charge in [0.05, 0.1) is 5.56 Å². The summed E-state index contributed by atoms with van der Waals surface area (Å²) in [4.78, 5) is 16.2. The van der Waals surface area contributed by atoms with E-state index in [-0.39, 0.29) is 0 Å². The summed E-state index contributed by atoms with van der Waals surface area (Å²) in [6, 6.07) is 6.39. The highest BCUT2D eigenvalue weighted by Gasteiger charge is 2.26. The molecule has 0 atom stereocenters. The molecule has 0 saturated carbocycles. The van der Waals surface area contributed by atoms with Crippen molar-refractivity contribution in [3.8, 4) is 0 Å². The van der Waals surface area contributed by atoms with Gasteiger partial charge in [0.2, 0.25) is 0 Å². The van der Waals surface area contributed by atoms with Crippen molar-refractivity contribution in [3.05, 3.63) is 29.3 Å². The molecule has 0 unspecified atom stereocenters. The van der Waals surface area contributed by atoms with Crippen LogP contribution >= 0.6 is 0 Å². The molecule has 2 aliphatic heterocycles. The minimum Gasteiger partial charge on any atom is -0.478 e. The second-order valence-electron chi connectivity index (χ2n) is 6.68. The van der Waals surface area contributed by atoms with Crippen molar-refractivity contribution in [2.24, 2.45) is 0 Å². The molecule has 3 rings (SSSR count). The van der Waals surface area contributed by atoms with Crippen LogP contribution < -0.4 is 4.90 Å². The number of aromatic carboxylic acids is 1. The quantitative estimate of drug-likeness (QED) is 0.931. The average Bonchev–Trinajstić information content (AvgIpc) is 2.55. The van der Waals surface area contributed by atoms with Crippen LogP contribution in [0.5, 0.6) is 0 Å². The summed E-state index contributed by atoms with van der Waals surface area (Å²) in [6.07, 6.45) is 6.46. The van der Waals surface area contributed by atoms with Gasteiger partial charge in [-0.2, -0.15) is 0 Å². The van der Waals surface area contributed by atoms with Crippen LogP contribution in [0, 0.1) is 6.92 Å². The summed E-state index contributed by atoms with van der Waals surface area (Å²) < 4.78 is 0. The molecule has 0 amide bonds. The maximum Gasteiger partial charge on any atom is 0.335 e. The van der Waals surface area contributed by atoms with Gasteiger partial charge in [0.1, 0.15) is 0 Å². The molecule has 0 spiro atoms. The Labute approximate surface area is 132 Å². The number of carboxylic acids is 1. The summed E-state index contributed by atoms with van der Waals surface area (Å²) in [6.45, 7) is 6.56. The molecule has 2 saturated heterocycles. The van der Waals surface area contributed by atoms with Crippen LogP contribution in [-0.2, 0) is 0 Å². The number of benzene rings is 1. The molecule has 2 heterocycles. The fourth-order valence-corrected chi connectivity index (χ4v) is 3.84. The van der Waals surface area contributed by atoms with E-state index in [4.69, 9.17) is 0 Å². The van der Waals surface area contributed by atoms with Gasteiger partial charge in [-0.1, -0.05) is 6.42 Å². The number of piperidine rings is 2. The van der Waals surface area contributed by atoms with Gasteiger partial charge >= 0.3 is 5.97 Å². The molecule has 2 aliphatic rings. The molecule has 120 valence electrons. The number of likely N-dealkylation sites (tertiary alicyclic amines) is 1. The van der Waals surface area contributed by atoms with Gasteiger partial charge in [0.25, 0.3) is 0 Å². The first-order valence-electron chi connectivity index (χ1n) is 8.47. The van der Waals surface area contributed by atoms with Gasteiger partial charge in [0, 0.05) is 24.8 Å². The lowest BCUT2D eigenvalue weighted by atomic mass is 9.99. The molecule has 22 heavy (non-hydrogen) atoms. The molecule has 0 aromatic heterocycles. The first kappa shape index (κ1) is 15.3. The Morgan fingerprint density at radius 2 is 1.73 bits per heavy atom. The molecule has 1 N–H and O–H groups in total. The van der Waals surface area contributed by atoms with Crippen molar-refractivity contribution in [2.45, 2.75) is 45.1 Å². The minimum atomic E-state index is -0.840. The van der Waals surface area contributed by atoms with Crippen LogP contribution in [-0.4, -0.2) is 48.2 Å². The number of nitrogens with zero attached hydrogens (tertiary/aromatic N) is 2. The molecule has 2 fully saturated rings. The lowest BCUT2D eigenvalue weighted by Gasteiger charge is -2.41. The summed E-state index contributed by atoms with van der Waals surface area (Å²) in [5, 5.41) is 9.22. The monoisotopic (exact) mass is 302 g/mol. The van der Waals surface area contributed by atoms with Gasteiger partial charge in [-0.3, -0.25) is 0 Å². The van der Waals surface area contributed by atoms with Gasteiger partial charge in [-0.05, 0) is 69.5 Å². The van der Waals surface area contributed by atoms with Crippen LogP contribution in [0.4, 0.5) is 5.69 Å². The maximum atomic E-state index is 11.2. The van der Waals surface area contributed by atoms with Crippen molar-refractivity contribution >= 4 is 11.7 Å². The van der Waals surface area contributed by atoms with E-state index in [0.717, 1.165) is 30.4 Å². The van der Waals surface area contributed by atoms with E-state index >= 15 is 0 Å². The first-order valence-corrected chi connectivity index (χ1v) is 8.47. The smallest absolute Gasteiger partial charge is 0.335 e. The van der Waals surface area contributed by atoms with Crippen LogP contribution in [0.1, 0.15) is 48.0 Å². The molecule has 4 nitrogen and oxygen atoms in total. The molecular weight excluding hydrogens is 276 g/mol. The largest absolute Gasteiger partial charge is 0.478 e. The fraction of sp³-hybridized carbons (Fsp3) is 0.611. The highest BCUT2D eigenvalue weighted by Crippen LogP contribution is 2.26. The first-order chi connectivity index (χ1) is 10.6. The Morgan fingerprint density at radius 1 is 1.05 bits per heavy atom. The molecule has 1 aromatic rings. The zero-order valence-corrected chi connectivity index (χ0v) is 13.4. The second kappa shape index (κ2) is 6.69. The fourth-order valence-electron chi connectivity index (χ4n) is 3.84. The van der Waals surface area contributed by atoms with Gasteiger partial charge < -0.3 is 14.9 Å². The third-order valence-corrected chi connectivity index (χ3v) is 5.05. The van der Waals surface area contributed by atoms with E-state index in [1.54, 1.807) is 6.07 Å². The number of carbonyl (C=O) groups is 1. The summed E-state index contributed by atoms with van der Waals surface area (Å²) >= 11 is 0. The molecule has 4 heteroatoms. The molecule has 0 radical (unpaired) electrons. The normalized spacial score (nSPS) is 21.0. The summed E-state index contributed by atoms with van der Waals surface area (Å²) in [5.74, 6) is -0.840. The van der Waals surface area contributed by atoms with Crippen molar-refractivity contribution in [1.82, 2.24) is 4.90 Å². The zero-order valence-electron chi connectivity index (χ0n) is 13.4. The van der Waals surface area contributed by atoms with Crippen molar-refractivity contribution < 1.29 is 9.90 Å². The molecule has 1 aromatic carbocycles.